The highest BCUT2D eigenvalue weighted by Crippen LogP contribution is 2.03. The number of nitrogens with one attached hydrogen (secondary N) is 2. The number of ether oxygens (including phenoxy) is 1. The monoisotopic (exact) mass is 281 g/mol. The minimum absolute atomic E-state index is 0.170. The molecule has 0 saturated heterocycles. The molecular weight excluding hydrogens is 270 g/mol. The normalized spacial score (nSPS) is 11.8. The molecule has 9 heteroatoms. The second-order valence-corrected chi connectivity index (χ2v) is 4.23. The molecule has 0 aliphatic heterocycles. The Kier molecular flexibility index (Phi) is 4.18. The largest absolute Gasteiger partial charge is 0.467 e. The number of aromatic amines is 1. The van der Waals surface area contributed by atoms with Crippen LogP contribution in [0.15, 0.2) is 17.9 Å². The van der Waals surface area contributed by atoms with E-state index in [0.717, 1.165) is 11.5 Å². The summed E-state index contributed by atoms with van der Waals surface area (Å²) in [6, 6.07) is -0.806. The summed E-state index contributed by atoms with van der Waals surface area (Å²) in [5, 5.41) is 7.69. The third kappa shape index (κ3) is 3.35. The average molecular weight is 281 g/mol. The second kappa shape index (κ2) is 6.05. The summed E-state index contributed by atoms with van der Waals surface area (Å²) in [5.41, 5.74) is 0.885. The molecule has 100 valence electrons. The molecule has 8 nitrogen and oxygen atoms in total. The molecule has 2 aromatic heterocycles. The van der Waals surface area contributed by atoms with Gasteiger partial charge in [0.2, 0.25) is 0 Å². The summed E-state index contributed by atoms with van der Waals surface area (Å²) in [6.07, 6.45) is 3.33. The Hall–Kier alpha value is -2.29. The van der Waals surface area contributed by atoms with Crippen molar-refractivity contribution in [2.24, 2.45) is 0 Å². The van der Waals surface area contributed by atoms with Gasteiger partial charge in [0.25, 0.3) is 5.91 Å². The van der Waals surface area contributed by atoms with Crippen molar-refractivity contribution in [1.29, 1.82) is 0 Å². The fourth-order valence-corrected chi connectivity index (χ4v) is 1.88. The van der Waals surface area contributed by atoms with Crippen molar-refractivity contribution in [3.8, 4) is 0 Å². The average Bonchev–Trinajstić information content (AvgIpc) is 3.09. The molecule has 19 heavy (non-hydrogen) atoms. The summed E-state index contributed by atoms with van der Waals surface area (Å²) in [7, 11) is 1.26. The van der Waals surface area contributed by atoms with Crippen LogP contribution in [0.25, 0.3) is 0 Å². The van der Waals surface area contributed by atoms with E-state index in [9.17, 15) is 9.59 Å². The van der Waals surface area contributed by atoms with Gasteiger partial charge in [-0.1, -0.05) is 4.49 Å². The summed E-state index contributed by atoms with van der Waals surface area (Å²) < 4.78 is 8.25. The van der Waals surface area contributed by atoms with Crippen LogP contribution < -0.4 is 5.32 Å². The predicted octanol–water partition coefficient (Wildman–Crippen LogP) is -0.225. The van der Waals surface area contributed by atoms with E-state index < -0.39 is 17.9 Å². The molecule has 2 N–H and O–H groups in total. The predicted molar refractivity (Wildman–Crippen MR) is 65.5 cm³/mol. The number of hydrogen-bond acceptors (Lipinski definition) is 7. The van der Waals surface area contributed by atoms with Gasteiger partial charge in [0.15, 0.2) is 5.69 Å². The Morgan fingerprint density at radius 3 is 3.00 bits per heavy atom. The van der Waals surface area contributed by atoms with Gasteiger partial charge in [0, 0.05) is 23.7 Å². The Bertz CT molecular complexity index is 540. The van der Waals surface area contributed by atoms with E-state index in [0.29, 0.717) is 5.69 Å². The highest BCUT2D eigenvalue weighted by molar-refractivity contribution is 7.03. The van der Waals surface area contributed by atoms with Crippen LogP contribution in [-0.2, 0) is 16.0 Å². The lowest BCUT2D eigenvalue weighted by molar-refractivity contribution is -0.142. The van der Waals surface area contributed by atoms with Crippen LogP contribution >= 0.6 is 11.5 Å². The number of carbonyl (C=O) groups is 2. The second-order valence-electron chi connectivity index (χ2n) is 3.62. The van der Waals surface area contributed by atoms with Crippen molar-refractivity contribution < 1.29 is 14.3 Å². The summed E-state index contributed by atoms with van der Waals surface area (Å²) >= 11 is 1.06. The standard InChI is InChI=1S/C10H11N5O3S/c1-18-10(17)7(2-6-3-11-5-12-6)13-9(16)8-4-19-15-14-8/h3-5,7H,2H2,1H3,(H,11,12)(H,13,16)/t7-/m0/s1. The molecule has 0 saturated carbocycles. The van der Waals surface area contributed by atoms with Crippen molar-refractivity contribution in [2.75, 3.05) is 7.11 Å². The van der Waals surface area contributed by atoms with Crippen molar-refractivity contribution in [2.45, 2.75) is 12.5 Å². The Labute approximate surface area is 112 Å². The number of methoxy groups -OCH3 is 1. The summed E-state index contributed by atoms with van der Waals surface area (Å²) in [6.45, 7) is 0. The minimum atomic E-state index is -0.806. The first-order valence-electron chi connectivity index (χ1n) is 5.33. The fourth-order valence-electron chi connectivity index (χ4n) is 1.45. The van der Waals surface area contributed by atoms with E-state index in [1.165, 1.54) is 18.8 Å². The molecular formula is C10H11N5O3S. The van der Waals surface area contributed by atoms with E-state index in [2.05, 4.69) is 29.6 Å². The molecule has 0 radical (unpaired) electrons. The molecule has 1 atom stereocenters. The zero-order valence-electron chi connectivity index (χ0n) is 9.99. The number of carbonyl (C=O) groups excluding carboxylic acids is 2. The van der Waals surface area contributed by atoms with Gasteiger partial charge in [-0.2, -0.15) is 0 Å². The van der Waals surface area contributed by atoms with Crippen molar-refractivity contribution in [3.05, 3.63) is 29.3 Å². The van der Waals surface area contributed by atoms with Gasteiger partial charge >= 0.3 is 5.97 Å². The van der Waals surface area contributed by atoms with Crippen LogP contribution in [0.1, 0.15) is 16.2 Å². The number of amides is 1. The molecule has 0 spiro atoms. The molecule has 2 aromatic rings. The third-order valence-corrected chi connectivity index (χ3v) is 2.87. The van der Waals surface area contributed by atoms with Gasteiger partial charge in [-0.15, -0.1) is 5.10 Å². The van der Waals surface area contributed by atoms with E-state index in [1.807, 2.05) is 0 Å². The number of nitrogens with zero attached hydrogens (tertiary/aromatic N) is 3. The maximum absolute atomic E-state index is 11.8. The Balaban J connectivity index is 2.06. The molecule has 1 amide bonds. The smallest absolute Gasteiger partial charge is 0.328 e. The molecule has 0 unspecified atom stereocenters. The van der Waals surface area contributed by atoms with E-state index in [-0.39, 0.29) is 12.1 Å². The van der Waals surface area contributed by atoms with Crippen molar-refractivity contribution >= 4 is 23.4 Å². The third-order valence-electron chi connectivity index (χ3n) is 2.36. The zero-order chi connectivity index (χ0) is 13.7. The van der Waals surface area contributed by atoms with Gasteiger partial charge in [0.05, 0.1) is 13.4 Å². The Morgan fingerprint density at radius 1 is 1.58 bits per heavy atom. The SMILES string of the molecule is COC(=O)[C@H](Cc1cnc[nH]1)NC(=O)c1csnn1. The maximum Gasteiger partial charge on any atom is 0.328 e. The van der Waals surface area contributed by atoms with Gasteiger partial charge in [-0.3, -0.25) is 4.79 Å². The highest BCUT2D eigenvalue weighted by atomic mass is 32.1. The van der Waals surface area contributed by atoms with Gasteiger partial charge < -0.3 is 15.0 Å². The van der Waals surface area contributed by atoms with Crippen LogP contribution in [0.3, 0.4) is 0 Å². The van der Waals surface area contributed by atoms with E-state index in [4.69, 9.17) is 0 Å². The number of rotatable bonds is 5. The first kappa shape index (κ1) is 13.1. The number of imidazole rings is 1. The summed E-state index contributed by atoms with van der Waals surface area (Å²) in [4.78, 5) is 30.2. The molecule has 0 aliphatic carbocycles. The maximum atomic E-state index is 11.8. The van der Waals surface area contributed by atoms with Crippen LogP contribution in [0.5, 0.6) is 0 Å². The van der Waals surface area contributed by atoms with Crippen LogP contribution in [0.2, 0.25) is 0 Å². The first-order valence-corrected chi connectivity index (χ1v) is 6.17. The first-order chi connectivity index (χ1) is 9.20. The lowest BCUT2D eigenvalue weighted by Crippen LogP contribution is -2.43. The number of aromatic nitrogens is 4. The van der Waals surface area contributed by atoms with E-state index >= 15 is 0 Å². The van der Waals surface area contributed by atoms with Crippen LogP contribution in [-0.4, -0.2) is 44.6 Å². The van der Waals surface area contributed by atoms with Crippen LogP contribution in [0, 0.1) is 0 Å². The lowest BCUT2D eigenvalue weighted by Gasteiger charge is -2.14. The number of hydrogen-bond donors (Lipinski definition) is 2. The Morgan fingerprint density at radius 2 is 2.42 bits per heavy atom. The molecule has 2 rings (SSSR count). The number of H-pyrrole nitrogens is 1. The zero-order valence-corrected chi connectivity index (χ0v) is 10.8. The summed E-state index contributed by atoms with van der Waals surface area (Å²) in [5.74, 6) is -1.00. The fraction of sp³-hybridized carbons (Fsp3) is 0.300. The van der Waals surface area contributed by atoms with Crippen molar-refractivity contribution in [1.82, 2.24) is 24.9 Å². The topological polar surface area (TPSA) is 110 Å². The van der Waals surface area contributed by atoms with Crippen molar-refractivity contribution in [3.63, 3.8) is 0 Å². The van der Waals surface area contributed by atoms with Gasteiger partial charge in [-0.05, 0) is 11.5 Å². The molecule has 0 fully saturated rings. The molecule has 0 bridgehead atoms. The number of esters is 1. The van der Waals surface area contributed by atoms with Gasteiger partial charge in [0.1, 0.15) is 6.04 Å². The van der Waals surface area contributed by atoms with E-state index in [1.54, 1.807) is 6.20 Å². The quantitative estimate of drug-likeness (QED) is 0.733. The molecule has 0 aromatic carbocycles. The highest BCUT2D eigenvalue weighted by Gasteiger charge is 2.24. The molecule has 0 aliphatic rings. The van der Waals surface area contributed by atoms with Crippen LogP contribution in [0.4, 0.5) is 0 Å². The minimum Gasteiger partial charge on any atom is -0.467 e. The van der Waals surface area contributed by atoms with Gasteiger partial charge in [-0.25, -0.2) is 9.78 Å². The molecule has 2 heterocycles. The lowest BCUT2D eigenvalue weighted by atomic mass is 10.1.